The van der Waals surface area contributed by atoms with E-state index >= 15 is 0 Å². The number of carboxylic acid groups (broad SMARTS) is 1. The van der Waals surface area contributed by atoms with Crippen LogP contribution in [0, 0.1) is 6.92 Å². The van der Waals surface area contributed by atoms with Crippen molar-refractivity contribution in [1.82, 2.24) is 15.1 Å². The second-order valence-electron chi connectivity index (χ2n) is 5.07. The zero-order valence-electron chi connectivity index (χ0n) is 11.5. The molecule has 0 bridgehead atoms. The lowest BCUT2D eigenvalue weighted by Crippen LogP contribution is -2.52. The maximum atomic E-state index is 12.7. The van der Waals surface area contributed by atoms with Crippen LogP contribution in [-0.2, 0) is 9.53 Å². The predicted molar refractivity (Wildman–Crippen MR) is 74.1 cm³/mol. The molecule has 0 spiro atoms. The highest BCUT2D eigenvalue weighted by Gasteiger charge is 2.34. The molecule has 1 unspecified atom stereocenters. The largest absolute Gasteiger partial charge is 0.480 e. The molecule has 2 heterocycles. The number of aliphatic carboxylic acids is 1. The maximum Gasteiger partial charge on any atom is 0.328 e. The first-order chi connectivity index (χ1) is 10.1. The number of benzene rings is 1. The molecule has 1 amide bonds. The van der Waals surface area contributed by atoms with E-state index in [0.29, 0.717) is 17.7 Å². The van der Waals surface area contributed by atoms with Crippen LogP contribution in [0.3, 0.4) is 0 Å². The number of nitrogens with zero attached hydrogens (tertiary/aromatic N) is 2. The van der Waals surface area contributed by atoms with E-state index in [1.807, 2.05) is 13.0 Å². The summed E-state index contributed by atoms with van der Waals surface area (Å²) in [5.41, 5.74) is 1.99. The van der Waals surface area contributed by atoms with Crippen LogP contribution in [0.25, 0.3) is 10.9 Å². The Morgan fingerprint density at radius 2 is 2.29 bits per heavy atom. The predicted octanol–water partition coefficient (Wildman–Crippen LogP) is 0.797. The fraction of sp³-hybridized carbons (Fsp3) is 0.357. The lowest BCUT2D eigenvalue weighted by Gasteiger charge is -2.33. The minimum Gasteiger partial charge on any atom is -0.480 e. The number of carbonyl (C=O) groups is 2. The number of aromatic nitrogens is 2. The third-order valence-electron chi connectivity index (χ3n) is 3.60. The van der Waals surface area contributed by atoms with Crippen LogP contribution >= 0.6 is 0 Å². The van der Waals surface area contributed by atoms with Gasteiger partial charge >= 0.3 is 5.97 Å². The molecule has 21 heavy (non-hydrogen) atoms. The summed E-state index contributed by atoms with van der Waals surface area (Å²) in [6, 6.07) is 2.71. The molecule has 0 radical (unpaired) electrons. The number of hydrogen-bond acceptors (Lipinski definition) is 4. The highest BCUT2D eigenvalue weighted by molar-refractivity contribution is 6.06. The third kappa shape index (κ3) is 2.36. The number of ether oxygens (including phenoxy) is 1. The molecule has 7 heteroatoms. The molecule has 0 saturated carbocycles. The standard InChI is InChI=1S/C14H15N3O4/c1-8-4-9-6-15-16-12(9)10(5-8)13(18)17-2-3-21-7-11(17)14(19)20/h4-6,11H,2-3,7H2,1H3,(H,15,16)(H,19,20). The Balaban J connectivity index is 2.03. The summed E-state index contributed by atoms with van der Waals surface area (Å²) < 4.78 is 5.16. The lowest BCUT2D eigenvalue weighted by atomic mass is 10.1. The van der Waals surface area contributed by atoms with Gasteiger partial charge in [0, 0.05) is 11.9 Å². The van der Waals surface area contributed by atoms with Crippen molar-refractivity contribution >= 4 is 22.8 Å². The number of H-pyrrole nitrogens is 1. The molecule has 1 aromatic heterocycles. The second kappa shape index (κ2) is 5.17. The van der Waals surface area contributed by atoms with E-state index in [2.05, 4.69) is 10.2 Å². The molecule has 1 atom stereocenters. The van der Waals surface area contributed by atoms with Gasteiger partial charge in [-0.25, -0.2) is 4.79 Å². The normalized spacial score (nSPS) is 18.9. The minimum absolute atomic E-state index is 0.0129. The van der Waals surface area contributed by atoms with Crippen molar-refractivity contribution in [3.63, 3.8) is 0 Å². The Morgan fingerprint density at radius 3 is 3.05 bits per heavy atom. The van der Waals surface area contributed by atoms with Gasteiger partial charge in [0.25, 0.3) is 5.91 Å². The van der Waals surface area contributed by atoms with Gasteiger partial charge in [-0.15, -0.1) is 0 Å². The fourth-order valence-corrected chi connectivity index (χ4v) is 2.58. The summed E-state index contributed by atoms with van der Waals surface area (Å²) in [6.45, 7) is 2.50. The number of carboxylic acids is 1. The molecule has 110 valence electrons. The van der Waals surface area contributed by atoms with E-state index < -0.39 is 12.0 Å². The Hall–Kier alpha value is -2.41. The summed E-state index contributed by atoms with van der Waals surface area (Å²) >= 11 is 0. The maximum absolute atomic E-state index is 12.7. The molecule has 1 aliphatic heterocycles. The number of morpholine rings is 1. The van der Waals surface area contributed by atoms with Crippen molar-refractivity contribution in [2.45, 2.75) is 13.0 Å². The van der Waals surface area contributed by atoms with Crippen molar-refractivity contribution in [3.8, 4) is 0 Å². The average molecular weight is 289 g/mol. The van der Waals surface area contributed by atoms with Gasteiger partial charge in [-0.1, -0.05) is 0 Å². The molecule has 1 saturated heterocycles. The van der Waals surface area contributed by atoms with E-state index in [9.17, 15) is 14.7 Å². The SMILES string of the molecule is Cc1cc(C(=O)N2CCOCC2C(=O)O)c2[nH]ncc2c1. The fourth-order valence-electron chi connectivity index (χ4n) is 2.58. The summed E-state index contributed by atoms with van der Waals surface area (Å²) in [6.07, 6.45) is 1.65. The first-order valence-corrected chi connectivity index (χ1v) is 6.63. The highest BCUT2D eigenvalue weighted by Crippen LogP contribution is 2.22. The lowest BCUT2D eigenvalue weighted by molar-refractivity contribution is -0.147. The van der Waals surface area contributed by atoms with E-state index in [-0.39, 0.29) is 19.1 Å². The molecule has 1 fully saturated rings. The number of hydrogen-bond donors (Lipinski definition) is 2. The summed E-state index contributed by atoms with van der Waals surface area (Å²) in [4.78, 5) is 25.4. The second-order valence-corrected chi connectivity index (χ2v) is 5.07. The topological polar surface area (TPSA) is 95.5 Å². The van der Waals surface area contributed by atoms with E-state index in [0.717, 1.165) is 10.9 Å². The van der Waals surface area contributed by atoms with E-state index in [1.165, 1.54) is 4.90 Å². The number of aryl methyl sites for hydroxylation is 1. The quantitative estimate of drug-likeness (QED) is 0.852. The molecule has 2 aromatic rings. The number of amides is 1. The molecular weight excluding hydrogens is 274 g/mol. The van der Waals surface area contributed by atoms with Crippen molar-refractivity contribution < 1.29 is 19.4 Å². The van der Waals surface area contributed by atoms with Gasteiger partial charge < -0.3 is 14.7 Å². The Bertz CT molecular complexity index is 709. The van der Waals surface area contributed by atoms with Gasteiger partial charge in [0.05, 0.1) is 30.5 Å². The molecule has 3 rings (SSSR count). The molecule has 1 aromatic carbocycles. The molecule has 1 aliphatic rings. The van der Waals surface area contributed by atoms with Crippen molar-refractivity contribution in [2.75, 3.05) is 19.8 Å². The first-order valence-electron chi connectivity index (χ1n) is 6.63. The van der Waals surface area contributed by atoms with E-state index in [1.54, 1.807) is 12.3 Å². The van der Waals surface area contributed by atoms with Crippen molar-refractivity contribution in [2.24, 2.45) is 0 Å². The van der Waals surface area contributed by atoms with Gasteiger partial charge in [-0.3, -0.25) is 9.89 Å². The number of carbonyl (C=O) groups excluding carboxylic acids is 1. The summed E-state index contributed by atoms with van der Waals surface area (Å²) in [5, 5.41) is 16.8. The summed E-state index contributed by atoms with van der Waals surface area (Å²) in [5.74, 6) is -1.37. The molecule has 0 aliphatic carbocycles. The molecule has 7 nitrogen and oxygen atoms in total. The Labute approximate surface area is 120 Å². The van der Waals surface area contributed by atoms with Crippen LogP contribution in [-0.4, -0.2) is 57.9 Å². The van der Waals surface area contributed by atoms with Crippen LogP contribution in [0.1, 0.15) is 15.9 Å². The number of fused-ring (bicyclic) bond motifs is 1. The Kier molecular flexibility index (Phi) is 3.34. The monoisotopic (exact) mass is 289 g/mol. The van der Waals surface area contributed by atoms with Gasteiger partial charge in [0.15, 0.2) is 6.04 Å². The van der Waals surface area contributed by atoms with Crippen LogP contribution in [0.5, 0.6) is 0 Å². The van der Waals surface area contributed by atoms with Gasteiger partial charge in [0.2, 0.25) is 0 Å². The number of nitrogens with one attached hydrogen (secondary N) is 1. The van der Waals surface area contributed by atoms with Gasteiger partial charge in [-0.05, 0) is 24.6 Å². The molecule has 2 N–H and O–H groups in total. The van der Waals surface area contributed by atoms with Crippen LogP contribution < -0.4 is 0 Å². The number of aromatic amines is 1. The zero-order valence-corrected chi connectivity index (χ0v) is 11.5. The Morgan fingerprint density at radius 1 is 1.48 bits per heavy atom. The smallest absolute Gasteiger partial charge is 0.328 e. The number of rotatable bonds is 2. The van der Waals surface area contributed by atoms with Crippen molar-refractivity contribution in [3.05, 3.63) is 29.5 Å². The van der Waals surface area contributed by atoms with Crippen LogP contribution in [0.2, 0.25) is 0 Å². The van der Waals surface area contributed by atoms with Gasteiger partial charge in [0.1, 0.15) is 0 Å². The summed E-state index contributed by atoms with van der Waals surface area (Å²) in [7, 11) is 0. The van der Waals surface area contributed by atoms with Crippen molar-refractivity contribution in [1.29, 1.82) is 0 Å². The van der Waals surface area contributed by atoms with Crippen LogP contribution in [0.4, 0.5) is 0 Å². The zero-order chi connectivity index (χ0) is 15.0. The van der Waals surface area contributed by atoms with Crippen LogP contribution in [0.15, 0.2) is 18.3 Å². The van der Waals surface area contributed by atoms with Gasteiger partial charge in [-0.2, -0.15) is 5.10 Å². The average Bonchev–Trinajstić information content (AvgIpc) is 2.93. The first kappa shape index (κ1) is 13.6. The molecular formula is C14H15N3O4. The van der Waals surface area contributed by atoms with E-state index in [4.69, 9.17) is 4.74 Å². The highest BCUT2D eigenvalue weighted by atomic mass is 16.5. The minimum atomic E-state index is -1.06. The third-order valence-corrected chi connectivity index (χ3v) is 3.60.